The maximum absolute atomic E-state index is 9.44. The molecule has 0 rings (SSSR count). The van der Waals surface area contributed by atoms with Gasteiger partial charge in [0.15, 0.2) is 0 Å². The zero-order chi connectivity index (χ0) is 7.15. The zero-order valence-corrected chi connectivity index (χ0v) is 6.26. The molecule has 0 unspecified atom stereocenters. The van der Waals surface area contributed by atoms with E-state index >= 15 is 0 Å². The van der Waals surface area contributed by atoms with Crippen LogP contribution in [0.2, 0.25) is 0 Å². The number of rotatable bonds is 0. The molecule has 0 spiro atoms. The van der Waals surface area contributed by atoms with E-state index in [1.807, 2.05) is 0 Å². The molecule has 0 fully saturated rings. The smallest absolute Gasteiger partial charge is 0.481 e. The minimum Gasteiger partial charge on any atom is -0.481 e. The molecular weight excluding hydrogens is 115 g/mol. The third-order valence-corrected chi connectivity index (χ3v) is 0. The van der Waals surface area contributed by atoms with E-state index in [1.54, 1.807) is 0 Å². The van der Waals surface area contributed by atoms with Crippen LogP contribution in [-0.2, 0) is 9.59 Å². The van der Waals surface area contributed by atoms with E-state index in [0.29, 0.717) is 0 Å². The van der Waals surface area contributed by atoms with Gasteiger partial charge in [-0.05, 0) is 13.8 Å². The van der Waals surface area contributed by atoms with Gasteiger partial charge in [-0.15, -0.1) is 0 Å². The Morgan fingerprint density at radius 3 is 1.11 bits per heavy atom. The zero-order valence-electron chi connectivity index (χ0n) is 6.26. The van der Waals surface area contributed by atoms with E-state index in [1.165, 1.54) is 13.8 Å². The number of hydrogen-bond donors (Lipinski definition) is 1. The molecule has 0 amide bonds. The molecule has 0 aromatic heterocycles. The fourth-order valence-electron chi connectivity index (χ4n) is 0. The van der Waals surface area contributed by atoms with Crippen LogP contribution in [0.3, 0.4) is 0 Å². The Labute approximate surface area is 66.6 Å². The summed E-state index contributed by atoms with van der Waals surface area (Å²) in [4.78, 5) is 18.4. The molecule has 4 heteroatoms. The summed E-state index contributed by atoms with van der Waals surface area (Å²) in [5, 5.41) is 7.42. The molecule has 0 aromatic carbocycles. The van der Waals surface area contributed by atoms with Crippen LogP contribution >= 0.6 is 0 Å². The summed E-state index contributed by atoms with van der Waals surface area (Å²) in [7, 11) is 0. The Hall–Kier alpha value is -0.263. The van der Waals surface area contributed by atoms with Gasteiger partial charge in [0, 0.05) is 6.92 Å². The predicted molar refractivity (Wildman–Crippen MR) is 29.7 cm³/mol. The average Bonchev–Trinajstić information content (AvgIpc) is 1.25. The molecule has 0 heterocycles. The van der Waals surface area contributed by atoms with E-state index < -0.39 is 5.97 Å². The molecule has 0 atom stereocenters. The number of Topliss-reactive ketones (excluding diaryl/α,β-unsaturated/α-hetero) is 1. The first-order valence-electron chi connectivity index (χ1n) is 2.13. The van der Waals surface area contributed by atoms with Gasteiger partial charge in [0.05, 0.1) is 0 Å². The number of carboxylic acids is 1. The minimum atomic E-state index is -0.833. The molecular formula is C5H10LiO3+. The molecule has 0 aromatic rings. The normalized spacial score (nSPS) is 5.67. The average molecular weight is 125 g/mol. The molecule has 0 saturated heterocycles. The number of hydrogen-bond acceptors (Lipinski definition) is 2. The summed E-state index contributed by atoms with van der Waals surface area (Å²) < 4.78 is 0. The Balaban J connectivity index is -0.0000000720. The van der Waals surface area contributed by atoms with Crippen molar-refractivity contribution in [2.24, 2.45) is 0 Å². The van der Waals surface area contributed by atoms with Crippen LogP contribution in [0, 0.1) is 0 Å². The van der Waals surface area contributed by atoms with E-state index in [2.05, 4.69) is 0 Å². The third kappa shape index (κ3) is 3690. The van der Waals surface area contributed by atoms with Crippen molar-refractivity contribution < 1.29 is 33.6 Å². The summed E-state index contributed by atoms with van der Waals surface area (Å²) in [6, 6.07) is 0. The summed E-state index contributed by atoms with van der Waals surface area (Å²) in [6.07, 6.45) is 0. The number of ketones is 1. The van der Waals surface area contributed by atoms with E-state index in [-0.39, 0.29) is 24.6 Å². The molecule has 0 aliphatic carbocycles. The van der Waals surface area contributed by atoms with Gasteiger partial charge in [-0.1, -0.05) is 0 Å². The molecule has 0 saturated carbocycles. The monoisotopic (exact) mass is 125 g/mol. The van der Waals surface area contributed by atoms with Gasteiger partial charge in [-0.3, -0.25) is 4.79 Å². The largest absolute Gasteiger partial charge is 1.00 e. The van der Waals surface area contributed by atoms with Crippen molar-refractivity contribution in [3.8, 4) is 0 Å². The third-order valence-electron chi connectivity index (χ3n) is 0. The van der Waals surface area contributed by atoms with Crippen molar-refractivity contribution in [1.29, 1.82) is 0 Å². The van der Waals surface area contributed by atoms with Crippen LogP contribution < -0.4 is 18.9 Å². The van der Waals surface area contributed by atoms with Gasteiger partial charge in [0.25, 0.3) is 5.97 Å². The predicted octanol–water partition coefficient (Wildman–Crippen LogP) is -2.31. The second kappa shape index (κ2) is 10.7. The van der Waals surface area contributed by atoms with Crippen molar-refractivity contribution in [3.63, 3.8) is 0 Å². The number of aliphatic carboxylic acids is 1. The number of carboxylic acid groups (broad SMARTS) is 1. The van der Waals surface area contributed by atoms with Crippen LogP contribution in [0.25, 0.3) is 0 Å². The fourth-order valence-corrected chi connectivity index (χ4v) is 0. The van der Waals surface area contributed by atoms with Crippen LogP contribution in [0.5, 0.6) is 0 Å². The van der Waals surface area contributed by atoms with Gasteiger partial charge in [0.2, 0.25) is 0 Å². The van der Waals surface area contributed by atoms with E-state index in [9.17, 15) is 4.79 Å². The molecule has 0 radical (unpaired) electrons. The summed E-state index contributed by atoms with van der Waals surface area (Å²) in [6.45, 7) is 4.14. The van der Waals surface area contributed by atoms with Crippen LogP contribution in [-0.4, -0.2) is 16.9 Å². The molecule has 9 heavy (non-hydrogen) atoms. The van der Waals surface area contributed by atoms with Gasteiger partial charge >= 0.3 is 18.9 Å². The first kappa shape index (κ1) is 15.9. The van der Waals surface area contributed by atoms with Gasteiger partial charge in [-0.25, -0.2) is 0 Å². The molecule has 0 aliphatic heterocycles. The van der Waals surface area contributed by atoms with Gasteiger partial charge in [-0.2, -0.15) is 0 Å². The maximum atomic E-state index is 9.44. The van der Waals surface area contributed by atoms with Crippen LogP contribution in [0.4, 0.5) is 0 Å². The fraction of sp³-hybridized carbons (Fsp3) is 0.600. The van der Waals surface area contributed by atoms with Crippen molar-refractivity contribution in [2.75, 3.05) is 0 Å². The Morgan fingerprint density at radius 1 is 1.11 bits per heavy atom. The minimum absolute atomic E-state index is 0. The Bertz CT molecular complexity index is 70.2. The van der Waals surface area contributed by atoms with Gasteiger partial charge in [0.1, 0.15) is 5.78 Å². The van der Waals surface area contributed by atoms with Crippen LogP contribution in [0.1, 0.15) is 20.8 Å². The first-order valence-corrected chi connectivity index (χ1v) is 2.13. The second-order valence-corrected chi connectivity index (χ2v) is 1.43. The number of carbonyl (C=O) groups is 2. The topological polar surface area (TPSA) is 54.4 Å². The summed E-state index contributed by atoms with van der Waals surface area (Å²) >= 11 is 0. The first-order chi connectivity index (χ1) is 3.46. The molecule has 0 aliphatic rings. The van der Waals surface area contributed by atoms with E-state index in [4.69, 9.17) is 9.90 Å². The van der Waals surface area contributed by atoms with Gasteiger partial charge < -0.3 is 9.90 Å². The van der Waals surface area contributed by atoms with Crippen molar-refractivity contribution in [2.45, 2.75) is 20.8 Å². The second-order valence-electron chi connectivity index (χ2n) is 1.43. The SMILES string of the molecule is CC(=O)O.CC(C)=O.[Li+]. The van der Waals surface area contributed by atoms with Crippen molar-refractivity contribution >= 4 is 11.8 Å². The Morgan fingerprint density at radius 2 is 1.11 bits per heavy atom. The maximum Gasteiger partial charge on any atom is 1.00 e. The Kier molecular flexibility index (Phi) is 18.8. The van der Waals surface area contributed by atoms with Crippen molar-refractivity contribution in [1.82, 2.24) is 0 Å². The summed E-state index contributed by atoms with van der Waals surface area (Å²) in [5.74, 6) is -0.667. The summed E-state index contributed by atoms with van der Waals surface area (Å²) in [5.41, 5.74) is 0. The quantitative estimate of drug-likeness (QED) is 0.370. The molecule has 48 valence electrons. The molecule has 0 bridgehead atoms. The number of carbonyl (C=O) groups excluding carboxylic acids is 1. The molecule has 1 N–H and O–H groups in total. The van der Waals surface area contributed by atoms with E-state index in [0.717, 1.165) is 6.92 Å². The van der Waals surface area contributed by atoms with Crippen LogP contribution in [0.15, 0.2) is 0 Å². The standard InChI is InChI=1S/C3H6O.C2H4O2.Li/c1-3(2)4;1-2(3)4;/h1-2H3;1H3,(H,3,4);/q;;+1. The molecule has 3 nitrogen and oxygen atoms in total. The van der Waals surface area contributed by atoms with Crippen molar-refractivity contribution in [3.05, 3.63) is 0 Å².